The Kier molecular flexibility index (Phi) is 6.35. The lowest BCUT2D eigenvalue weighted by Crippen LogP contribution is -2.29. The first-order chi connectivity index (χ1) is 15.4. The third kappa shape index (κ3) is 4.16. The highest BCUT2D eigenvalue weighted by atomic mass is 79.9. The summed E-state index contributed by atoms with van der Waals surface area (Å²) < 4.78 is 6.45. The van der Waals surface area contributed by atoms with E-state index in [1.807, 2.05) is 6.92 Å². The summed E-state index contributed by atoms with van der Waals surface area (Å²) in [7, 11) is 0. The van der Waals surface area contributed by atoms with Crippen LogP contribution in [0.5, 0.6) is 5.75 Å². The van der Waals surface area contributed by atoms with E-state index in [9.17, 15) is 14.7 Å². The van der Waals surface area contributed by atoms with Gasteiger partial charge in [-0.2, -0.15) is 0 Å². The molecule has 3 aromatic carbocycles. The number of hydrogen-bond acceptors (Lipinski definition) is 4. The average molecular weight is 513 g/mol. The number of hydrogen-bond donors (Lipinski definition) is 1. The van der Waals surface area contributed by atoms with Crippen molar-refractivity contribution in [2.45, 2.75) is 13.0 Å². The first kappa shape index (κ1) is 22.1. The van der Waals surface area contributed by atoms with Crippen molar-refractivity contribution in [1.29, 1.82) is 0 Å². The summed E-state index contributed by atoms with van der Waals surface area (Å²) in [5.74, 6) is -1.15. The number of rotatable bonds is 5. The Morgan fingerprint density at radius 3 is 2.47 bits per heavy atom. The molecule has 0 aliphatic carbocycles. The normalized spacial score (nSPS) is 17.6. The minimum Gasteiger partial charge on any atom is -0.507 e. The van der Waals surface area contributed by atoms with E-state index in [0.29, 0.717) is 34.2 Å². The molecule has 1 saturated heterocycles. The zero-order valence-corrected chi connectivity index (χ0v) is 19.4. The Morgan fingerprint density at radius 2 is 1.78 bits per heavy atom. The highest BCUT2D eigenvalue weighted by Gasteiger charge is 2.47. The number of amides is 1. The average Bonchev–Trinajstić information content (AvgIpc) is 3.05. The number of ketones is 1. The van der Waals surface area contributed by atoms with Crippen LogP contribution in [-0.2, 0) is 9.59 Å². The standard InChI is InChI=1S/C25H19BrClNO4/c1-2-32-20-8-3-5-16(13-20)22-21(23(29)15-9-11-17(26)12-10-15)24(30)25(31)28(22)19-7-4-6-18(27)14-19/h3-14,22,29H,2H2,1H3/b23-21+. The molecule has 1 fully saturated rings. The molecule has 5 nitrogen and oxygen atoms in total. The molecule has 0 aromatic heterocycles. The number of halogens is 2. The van der Waals surface area contributed by atoms with E-state index in [1.165, 1.54) is 4.90 Å². The fraction of sp³-hybridized carbons (Fsp3) is 0.120. The van der Waals surface area contributed by atoms with Gasteiger partial charge in [0, 0.05) is 20.7 Å². The molecule has 0 radical (unpaired) electrons. The summed E-state index contributed by atoms with van der Waals surface area (Å²) in [6.07, 6.45) is 0. The van der Waals surface area contributed by atoms with Crippen LogP contribution in [0.15, 0.2) is 82.8 Å². The van der Waals surface area contributed by atoms with Crippen molar-refractivity contribution in [3.05, 3.63) is 99.0 Å². The number of carbonyl (C=O) groups is 2. The Balaban J connectivity index is 1.94. The monoisotopic (exact) mass is 511 g/mol. The molecule has 4 rings (SSSR count). The van der Waals surface area contributed by atoms with Crippen molar-refractivity contribution in [2.24, 2.45) is 0 Å². The molecule has 1 aliphatic rings. The van der Waals surface area contributed by atoms with Gasteiger partial charge in [0.1, 0.15) is 11.5 Å². The Labute approximate surface area is 199 Å². The predicted molar refractivity (Wildman–Crippen MR) is 128 cm³/mol. The molecule has 0 spiro atoms. The molecule has 162 valence electrons. The van der Waals surface area contributed by atoms with Gasteiger partial charge in [-0.05, 0) is 55.0 Å². The van der Waals surface area contributed by atoms with Crippen LogP contribution in [0.2, 0.25) is 5.02 Å². The van der Waals surface area contributed by atoms with E-state index in [0.717, 1.165) is 4.47 Å². The number of nitrogens with zero attached hydrogens (tertiary/aromatic N) is 1. The highest BCUT2D eigenvalue weighted by molar-refractivity contribution is 9.10. The van der Waals surface area contributed by atoms with Gasteiger partial charge in [-0.3, -0.25) is 14.5 Å². The van der Waals surface area contributed by atoms with Gasteiger partial charge in [0.15, 0.2) is 0 Å². The van der Waals surface area contributed by atoms with Gasteiger partial charge in [-0.15, -0.1) is 0 Å². The first-order valence-electron chi connectivity index (χ1n) is 9.96. The highest BCUT2D eigenvalue weighted by Crippen LogP contribution is 2.43. The molecule has 7 heteroatoms. The molecule has 1 aliphatic heterocycles. The van der Waals surface area contributed by atoms with Crippen LogP contribution in [0.4, 0.5) is 5.69 Å². The number of ether oxygens (including phenoxy) is 1. The van der Waals surface area contributed by atoms with Crippen LogP contribution in [0.1, 0.15) is 24.1 Å². The van der Waals surface area contributed by atoms with Crippen molar-refractivity contribution in [3.63, 3.8) is 0 Å². The number of aliphatic hydroxyl groups excluding tert-OH is 1. The van der Waals surface area contributed by atoms with Gasteiger partial charge in [0.2, 0.25) is 0 Å². The number of anilines is 1. The van der Waals surface area contributed by atoms with Crippen LogP contribution < -0.4 is 9.64 Å². The molecule has 1 N–H and O–H groups in total. The van der Waals surface area contributed by atoms with Crippen LogP contribution in [0, 0.1) is 0 Å². The van der Waals surface area contributed by atoms with Crippen molar-refractivity contribution >= 4 is 50.7 Å². The third-order valence-electron chi connectivity index (χ3n) is 5.13. The topological polar surface area (TPSA) is 66.8 Å². The maximum Gasteiger partial charge on any atom is 0.300 e. The maximum atomic E-state index is 13.2. The first-order valence-corrected chi connectivity index (χ1v) is 11.1. The molecular formula is C25H19BrClNO4. The van der Waals surface area contributed by atoms with Crippen LogP contribution in [0.25, 0.3) is 5.76 Å². The smallest absolute Gasteiger partial charge is 0.300 e. The Hall–Kier alpha value is -3.09. The molecule has 3 aromatic rings. The van der Waals surface area contributed by atoms with E-state index in [4.69, 9.17) is 16.3 Å². The molecule has 1 amide bonds. The summed E-state index contributed by atoms with van der Waals surface area (Å²) >= 11 is 9.53. The van der Waals surface area contributed by atoms with E-state index < -0.39 is 17.7 Å². The molecule has 0 saturated carbocycles. The quantitative estimate of drug-likeness (QED) is 0.254. The second kappa shape index (κ2) is 9.18. The molecule has 1 heterocycles. The SMILES string of the molecule is CCOc1cccc(C2/C(=C(\O)c3ccc(Br)cc3)C(=O)C(=O)N2c2cccc(Cl)c2)c1. The molecule has 1 atom stereocenters. The van der Waals surface area contributed by atoms with Gasteiger partial charge in [-0.25, -0.2) is 0 Å². The van der Waals surface area contributed by atoms with Crippen molar-refractivity contribution in [2.75, 3.05) is 11.5 Å². The maximum absolute atomic E-state index is 13.2. The van der Waals surface area contributed by atoms with E-state index in [-0.39, 0.29) is 11.3 Å². The lowest BCUT2D eigenvalue weighted by Gasteiger charge is -2.26. The van der Waals surface area contributed by atoms with Crippen molar-refractivity contribution in [1.82, 2.24) is 0 Å². The van der Waals surface area contributed by atoms with E-state index in [1.54, 1.807) is 72.8 Å². The minimum atomic E-state index is -0.850. The number of Topliss-reactive ketones (excluding diaryl/α,β-unsaturated/α-hetero) is 1. The fourth-order valence-corrected chi connectivity index (χ4v) is 4.19. The van der Waals surface area contributed by atoms with Gasteiger partial charge in [0.05, 0.1) is 18.2 Å². The molecular weight excluding hydrogens is 494 g/mol. The van der Waals surface area contributed by atoms with Crippen LogP contribution in [-0.4, -0.2) is 23.4 Å². The fourth-order valence-electron chi connectivity index (χ4n) is 3.74. The summed E-state index contributed by atoms with van der Waals surface area (Å²) in [5.41, 5.74) is 1.53. The van der Waals surface area contributed by atoms with Crippen molar-refractivity contribution < 1.29 is 19.4 Å². The Bertz CT molecular complexity index is 1220. The predicted octanol–water partition coefficient (Wildman–Crippen LogP) is 6.13. The second-order valence-corrected chi connectivity index (χ2v) is 8.51. The minimum absolute atomic E-state index is 0.00551. The van der Waals surface area contributed by atoms with Crippen LogP contribution in [0.3, 0.4) is 0 Å². The van der Waals surface area contributed by atoms with Gasteiger partial charge < -0.3 is 9.84 Å². The number of aliphatic hydroxyl groups is 1. The summed E-state index contributed by atoms with van der Waals surface area (Å²) in [5, 5.41) is 11.6. The molecule has 0 bridgehead atoms. The zero-order chi connectivity index (χ0) is 22.8. The van der Waals surface area contributed by atoms with Crippen LogP contribution >= 0.6 is 27.5 Å². The third-order valence-corrected chi connectivity index (χ3v) is 5.90. The number of benzene rings is 3. The Morgan fingerprint density at radius 1 is 1.06 bits per heavy atom. The summed E-state index contributed by atoms with van der Waals surface area (Å²) in [6.45, 7) is 2.34. The van der Waals surface area contributed by atoms with Crippen molar-refractivity contribution in [3.8, 4) is 5.75 Å². The lowest BCUT2D eigenvalue weighted by atomic mass is 9.95. The lowest BCUT2D eigenvalue weighted by molar-refractivity contribution is -0.132. The van der Waals surface area contributed by atoms with Gasteiger partial charge >= 0.3 is 0 Å². The number of carbonyl (C=O) groups excluding carboxylic acids is 2. The largest absolute Gasteiger partial charge is 0.507 e. The molecule has 1 unspecified atom stereocenters. The van der Waals surface area contributed by atoms with Gasteiger partial charge in [-0.1, -0.05) is 57.9 Å². The molecule has 32 heavy (non-hydrogen) atoms. The second-order valence-electron chi connectivity index (χ2n) is 7.16. The summed E-state index contributed by atoms with van der Waals surface area (Å²) in [6, 6.07) is 19.9. The zero-order valence-electron chi connectivity index (χ0n) is 17.1. The van der Waals surface area contributed by atoms with E-state index in [2.05, 4.69) is 15.9 Å². The summed E-state index contributed by atoms with van der Waals surface area (Å²) in [4.78, 5) is 27.7. The van der Waals surface area contributed by atoms with Gasteiger partial charge in [0.25, 0.3) is 11.7 Å². The van der Waals surface area contributed by atoms with E-state index >= 15 is 0 Å².